The van der Waals surface area contributed by atoms with Crippen LogP contribution in [0.1, 0.15) is 19.3 Å². The van der Waals surface area contributed by atoms with E-state index >= 15 is 0 Å². The highest BCUT2D eigenvalue weighted by molar-refractivity contribution is 7.91. The SMILES string of the molecule is Cl.O=S(=O)(CC1CCCCN1)c1nc2ccccc2[nH]1. The van der Waals surface area contributed by atoms with Crippen LogP contribution in [0.2, 0.25) is 0 Å². The van der Waals surface area contributed by atoms with Crippen molar-refractivity contribution in [2.45, 2.75) is 30.5 Å². The van der Waals surface area contributed by atoms with Gasteiger partial charge in [-0.3, -0.25) is 0 Å². The standard InChI is InChI=1S/C13H17N3O2S.ClH/c17-19(18,9-10-5-3-4-8-14-10)13-15-11-6-1-2-7-12(11)16-13;/h1-2,6-7,10,14H,3-5,8-9H2,(H,15,16);1H. The molecule has 1 fully saturated rings. The van der Waals surface area contributed by atoms with Gasteiger partial charge in [0.15, 0.2) is 0 Å². The second-order valence-corrected chi connectivity index (χ2v) is 6.94. The van der Waals surface area contributed by atoms with Crippen molar-refractivity contribution in [1.82, 2.24) is 15.3 Å². The number of hydrogen-bond acceptors (Lipinski definition) is 4. The number of para-hydroxylation sites is 2. The Labute approximate surface area is 124 Å². The number of halogens is 1. The maximum atomic E-state index is 12.3. The topological polar surface area (TPSA) is 74.8 Å². The predicted molar refractivity (Wildman–Crippen MR) is 81.0 cm³/mol. The first-order valence-electron chi connectivity index (χ1n) is 6.56. The smallest absolute Gasteiger partial charge is 0.226 e. The molecular weight excluding hydrogens is 298 g/mol. The van der Waals surface area contributed by atoms with Gasteiger partial charge in [-0.05, 0) is 31.5 Å². The van der Waals surface area contributed by atoms with Gasteiger partial charge in [0.05, 0.1) is 16.8 Å². The van der Waals surface area contributed by atoms with E-state index in [1.165, 1.54) is 0 Å². The molecule has 0 radical (unpaired) electrons. The normalized spacial score (nSPS) is 19.7. The first kappa shape index (κ1) is 15.3. The molecule has 7 heteroatoms. The first-order valence-corrected chi connectivity index (χ1v) is 8.21. The van der Waals surface area contributed by atoms with Crippen LogP contribution >= 0.6 is 12.4 Å². The Morgan fingerprint density at radius 2 is 2.05 bits per heavy atom. The van der Waals surface area contributed by atoms with Crippen LogP contribution in [-0.2, 0) is 9.84 Å². The molecule has 2 N–H and O–H groups in total. The van der Waals surface area contributed by atoms with Crippen LogP contribution in [0.5, 0.6) is 0 Å². The van der Waals surface area contributed by atoms with Crippen molar-refractivity contribution in [2.75, 3.05) is 12.3 Å². The van der Waals surface area contributed by atoms with Crippen molar-refractivity contribution >= 4 is 33.3 Å². The third kappa shape index (κ3) is 3.13. The average molecular weight is 316 g/mol. The lowest BCUT2D eigenvalue weighted by molar-refractivity contribution is 0.423. The van der Waals surface area contributed by atoms with Gasteiger partial charge in [-0.15, -0.1) is 12.4 Å². The van der Waals surface area contributed by atoms with Gasteiger partial charge in [0.2, 0.25) is 15.0 Å². The molecule has 2 aromatic rings. The molecule has 1 aliphatic heterocycles. The van der Waals surface area contributed by atoms with Gasteiger partial charge < -0.3 is 10.3 Å². The number of nitrogens with zero attached hydrogens (tertiary/aromatic N) is 1. The lowest BCUT2D eigenvalue weighted by atomic mass is 10.1. The molecule has 0 amide bonds. The zero-order valence-electron chi connectivity index (χ0n) is 11.0. The molecule has 1 aliphatic rings. The van der Waals surface area contributed by atoms with Crippen LogP contribution in [0.3, 0.4) is 0 Å². The van der Waals surface area contributed by atoms with Crippen molar-refractivity contribution in [3.8, 4) is 0 Å². The monoisotopic (exact) mass is 315 g/mol. The van der Waals surface area contributed by atoms with Crippen molar-refractivity contribution in [1.29, 1.82) is 0 Å². The first-order chi connectivity index (χ1) is 9.15. The molecule has 1 aromatic carbocycles. The molecule has 0 bridgehead atoms. The van der Waals surface area contributed by atoms with Gasteiger partial charge in [0, 0.05) is 6.04 Å². The second-order valence-electron chi connectivity index (χ2n) is 4.99. The summed E-state index contributed by atoms with van der Waals surface area (Å²) in [7, 11) is -3.35. The number of H-pyrrole nitrogens is 1. The zero-order chi connectivity index (χ0) is 13.3. The van der Waals surface area contributed by atoms with Crippen LogP contribution in [0.15, 0.2) is 29.4 Å². The summed E-state index contributed by atoms with van der Waals surface area (Å²) in [5.74, 6) is 0.118. The molecule has 3 rings (SSSR count). The molecule has 0 spiro atoms. The van der Waals surface area contributed by atoms with E-state index in [9.17, 15) is 8.42 Å². The van der Waals surface area contributed by atoms with Gasteiger partial charge in [0.1, 0.15) is 0 Å². The highest BCUT2D eigenvalue weighted by Crippen LogP contribution is 2.17. The largest absolute Gasteiger partial charge is 0.329 e. The van der Waals surface area contributed by atoms with E-state index in [1.807, 2.05) is 24.3 Å². The highest BCUT2D eigenvalue weighted by atomic mass is 35.5. The number of nitrogens with one attached hydrogen (secondary N) is 2. The number of aromatic nitrogens is 2. The Morgan fingerprint density at radius 1 is 1.25 bits per heavy atom. The van der Waals surface area contributed by atoms with Crippen LogP contribution in [0.25, 0.3) is 11.0 Å². The van der Waals surface area contributed by atoms with E-state index in [1.54, 1.807) is 0 Å². The molecule has 2 heterocycles. The molecule has 110 valence electrons. The Bertz CT molecular complexity index is 645. The quantitative estimate of drug-likeness (QED) is 0.907. The molecule has 0 saturated carbocycles. The number of aromatic amines is 1. The van der Waals surface area contributed by atoms with E-state index < -0.39 is 9.84 Å². The predicted octanol–water partition coefficient (Wildman–Crippen LogP) is 1.90. The number of piperidine rings is 1. The summed E-state index contributed by atoms with van der Waals surface area (Å²) in [6.07, 6.45) is 3.13. The molecule has 5 nitrogen and oxygen atoms in total. The second kappa shape index (κ2) is 6.11. The molecule has 1 aromatic heterocycles. The number of fused-ring (bicyclic) bond motifs is 1. The minimum atomic E-state index is -3.35. The summed E-state index contributed by atoms with van der Waals surface area (Å²) < 4.78 is 24.7. The average Bonchev–Trinajstić information content (AvgIpc) is 2.84. The molecule has 1 saturated heterocycles. The summed E-state index contributed by atoms with van der Waals surface area (Å²) >= 11 is 0. The van der Waals surface area contributed by atoms with Crippen LogP contribution in [0.4, 0.5) is 0 Å². The Morgan fingerprint density at radius 3 is 2.75 bits per heavy atom. The van der Waals surface area contributed by atoms with E-state index in [2.05, 4.69) is 15.3 Å². The van der Waals surface area contributed by atoms with Gasteiger partial charge in [-0.25, -0.2) is 13.4 Å². The van der Waals surface area contributed by atoms with Crippen LogP contribution in [-0.4, -0.2) is 36.7 Å². The van der Waals surface area contributed by atoms with Gasteiger partial charge >= 0.3 is 0 Å². The summed E-state index contributed by atoms with van der Waals surface area (Å²) in [5.41, 5.74) is 1.45. The van der Waals surface area contributed by atoms with Crippen LogP contribution in [0, 0.1) is 0 Å². The van der Waals surface area contributed by atoms with Crippen LogP contribution < -0.4 is 5.32 Å². The van der Waals surface area contributed by atoms with Crippen molar-refractivity contribution in [3.63, 3.8) is 0 Å². The fourth-order valence-corrected chi connectivity index (χ4v) is 3.96. The van der Waals surface area contributed by atoms with Crippen molar-refractivity contribution in [2.24, 2.45) is 0 Å². The van der Waals surface area contributed by atoms with Crippen molar-refractivity contribution < 1.29 is 8.42 Å². The van der Waals surface area contributed by atoms with Gasteiger partial charge in [-0.1, -0.05) is 18.6 Å². The Hall–Kier alpha value is -1.11. The van der Waals surface area contributed by atoms with E-state index in [-0.39, 0.29) is 29.4 Å². The molecular formula is C13H18ClN3O2S. The maximum absolute atomic E-state index is 12.3. The Kier molecular flexibility index (Phi) is 4.67. The summed E-state index contributed by atoms with van der Waals surface area (Å²) in [5, 5.41) is 3.34. The summed E-state index contributed by atoms with van der Waals surface area (Å²) in [6, 6.07) is 7.40. The summed E-state index contributed by atoms with van der Waals surface area (Å²) in [6.45, 7) is 0.903. The van der Waals surface area contributed by atoms with Gasteiger partial charge in [-0.2, -0.15) is 0 Å². The van der Waals surface area contributed by atoms with E-state index in [0.29, 0.717) is 5.52 Å². The fraction of sp³-hybridized carbons (Fsp3) is 0.462. The maximum Gasteiger partial charge on any atom is 0.226 e. The third-order valence-electron chi connectivity index (χ3n) is 3.50. The third-order valence-corrected chi connectivity index (χ3v) is 5.12. The van der Waals surface area contributed by atoms with E-state index in [4.69, 9.17) is 0 Å². The minimum absolute atomic E-state index is 0. The van der Waals surface area contributed by atoms with Crippen molar-refractivity contribution in [3.05, 3.63) is 24.3 Å². The highest BCUT2D eigenvalue weighted by Gasteiger charge is 2.25. The van der Waals surface area contributed by atoms with E-state index in [0.717, 1.165) is 31.3 Å². The Balaban J connectivity index is 0.00000147. The number of imidazole rings is 1. The molecule has 20 heavy (non-hydrogen) atoms. The van der Waals surface area contributed by atoms with Gasteiger partial charge in [0.25, 0.3) is 0 Å². The fourth-order valence-electron chi connectivity index (χ4n) is 2.49. The summed E-state index contributed by atoms with van der Waals surface area (Å²) in [4.78, 5) is 7.08. The lowest BCUT2D eigenvalue weighted by Gasteiger charge is -2.22. The lowest BCUT2D eigenvalue weighted by Crippen LogP contribution is -2.39. The number of sulfone groups is 1. The molecule has 1 atom stereocenters. The number of hydrogen-bond donors (Lipinski definition) is 2. The zero-order valence-corrected chi connectivity index (χ0v) is 12.6. The molecule has 0 aliphatic carbocycles. The molecule has 1 unspecified atom stereocenters. The number of benzene rings is 1. The number of rotatable bonds is 3. The minimum Gasteiger partial charge on any atom is -0.329 e.